The summed E-state index contributed by atoms with van der Waals surface area (Å²) in [4.78, 5) is 0. The average molecular weight is 1030 g/mol. The Morgan fingerprint density at radius 2 is 0.549 bits per heavy atom. The lowest BCUT2D eigenvalue weighted by Crippen LogP contribution is -2.18. The standard InChI is InChI=1S/C55H66Cl2O5P2.C7H8/c1-51(2,3)41-21-31-16-33-23-42(52(4,5)6)25-35-18-37-27-44(54(10,11)12)29-39(49(37)61-63(56)59-47(33)35)20-40-30-45(55(13,14)15)28-38-19-36-26-43(53(7,8)9)24-34(17-32(22-41)46(31)58)48(36)60-64(57)62-50(38)40;1-7-5-3-2-4-6-7/h21-30,58H,16-20H2,1-15H3;2-6H,1H3/t63-,64-;/m0./s1. The molecule has 9 heteroatoms. The largest absolute Gasteiger partial charge is 0.507 e. The Kier molecular flexibility index (Phi) is 14.6. The van der Waals surface area contributed by atoms with Crippen molar-refractivity contribution in [3.63, 3.8) is 0 Å². The molecule has 0 aromatic heterocycles. The van der Waals surface area contributed by atoms with E-state index in [9.17, 15) is 5.11 Å². The van der Waals surface area contributed by atoms with E-state index in [0.29, 0.717) is 32.1 Å². The van der Waals surface area contributed by atoms with Crippen LogP contribution >= 0.6 is 37.9 Å². The summed E-state index contributed by atoms with van der Waals surface area (Å²) in [5.74, 6) is 3.19. The predicted molar refractivity (Wildman–Crippen MR) is 301 cm³/mol. The van der Waals surface area contributed by atoms with E-state index >= 15 is 0 Å². The van der Waals surface area contributed by atoms with Crippen LogP contribution in [0.4, 0.5) is 0 Å². The van der Waals surface area contributed by atoms with Gasteiger partial charge in [-0.2, -0.15) is 0 Å². The van der Waals surface area contributed by atoms with Gasteiger partial charge in [0.2, 0.25) is 0 Å². The van der Waals surface area contributed by atoms with Crippen molar-refractivity contribution in [2.24, 2.45) is 0 Å². The fourth-order valence-electron chi connectivity index (χ4n) is 9.62. The summed E-state index contributed by atoms with van der Waals surface area (Å²) in [7, 11) is -3.90. The molecule has 0 amide bonds. The first kappa shape index (κ1) is 53.1. The number of phenols is 1. The van der Waals surface area contributed by atoms with Crippen LogP contribution in [-0.2, 0) is 59.2 Å². The van der Waals surface area contributed by atoms with E-state index in [0.717, 1.165) is 84.2 Å². The van der Waals surface area contributed by atoms with Crippen LogP contribution < -0.4 is 18.1 Å². The summed E-state index contributed by atoms with van der Waals surface area (Å²) in [6.07, 6.45) is 2.52. The van der Waals surface area contributed by atoms with Crippen molar-refractivity contribution >= 4 is 37.9 Å². The first-order valence-corrected chi connectivity index (χ1v) is 29.2. The van der Waals surface area contributed by atoms with Crippen LogP contribution in [0.3, 0.4) is 0 Å². The molecule has 5 aliphatic heterocycles. The van der Waals surface area contributed by atoms with Gasteiger partial charge in [-0.05, 0) is 140 Å². The lowest BCUT2D eigenvalue weighted by molar-refractivity contribution is 0.459. The molecule has 0 spiro atoms. The van der Waals surface area contributed by atoms with Gasteiger partial charge in [0, 0.05) is 32.1 Å². The molecule has 12 rings (SSSR count). The summed E-state index contributed by atoms with van der Waals surface area (Å²) in [5.41, 5.74) is 16.2. The highest BCUT2D eigenvalue weighted by atomic mass is 35.7. The molecule has 1 aliphatic carbocycles. The Bertz CT molecular complexity index is 2810. The minimum atomic E-state index is -1.95. The summed E-state index contributed by atoms with van der Waals surface area (Å²) in [5, 5.41) is 12.6. The molecule has 71 heavy (non-hydrogen) atoms. The van der Waals surface area contributed by atoms with Crippen molar-refractivity contribution in [2.75, 3.05) is 0 Å². The minimum absolute atomic E-state index is 0.167. The van der Waals surface area contributed by atoms with E-state index in [4.69, 9.17) is 40.6 Å². The van der Waals surface area contributed by atoms with Crippen molar-refractivity contribution in [3.8, 4) is 28.7 Å². The number of aryl methyl sites for hydroxylation is 1. The zero-order valence-electron chi connectivity index (χ0n) is 44.9. The molecule has 0 fully saturated rings. The first-order valence-electron chi connectivity index (χ1n) is 25.1. The average Bonchev–Trinajstić information content (AvgIpc) is 3.23. The van der Waals surface area contributed by atoms with Gasteiger partial charge in [0.05, 0.1) is 0 Å². The van der Waals surface area contributed by atoms with Gasteiger partial charge < -0.3 is 23.2 Å². The second-order valence-electron chi connectivity index (χ2n) is 25.2. The molecule has 0 saturated heterocycles. The molecule has 6 aromatic carbocycles. The monoisotopic (exact) mass is 1030 g/mol. The number of hydrogen-bond acceptors (Lipinski definition) is 5. The SMILES string of the molecule is CC(C)(C)c1cc2c(O)c(c1)Cc1cc(C(C)(C)C)cc3c1O[P@](Cl)Oc1c(cc(C(C)(C)C)cc1Cc1cc(C(C)(C)C)cc4c1O[P@@](Cl)Oc1c(cc(C(C)(C)C)cc1C4)C2)C3.Cc1ccccc1. The maximum absolute atomic E-state index is 12.6. The normalized spacial score (nSPS) is 16.8. The van der Waals surface area contributed by atoms with Crippen molar-refractivity contribution in [1.82, 2.24) is 0 Å². The second-order valence-corrected chi connectivity index (χ2v) is 28.5. The summed E-state index contributed by atoms with van der Waals surface area (Å²) in [6.45, 7) is 35.8. The maximum Gasteiger partial charge on any atom is 0.401 e. The van der Waals surface area contributed by atoms with E-state index in [1.165, 1.54) is 27.8 Å². The van der Waals surface area contributed by atoms with E-state index in [1.54, 1.807) is 0 Å². The minimum Gasteiger partial charge on any atom is -0.507 e. The van der Waals surface area contributed by atoms with Crippen molar-refractivity contribution < 1.29 is 23.2 Å². The van der Waals surface area contributed by atoms with Crippen LogP contribution in [-0.4, -0.2) is 5.11 Å². The molecule has 376 valence electrons. The third-order valence-corrected chi connectivity index (χ3v) is 16.2. The quantitative estimate of drug-likeness (QED) is 0.153. The lowest BCUT2D eigenvalue weighted by Gasteiger charge is -2.31. The third kappa shape index (κ3) is 11.9. The Morgan fingerprint density at radius 1 is 0.352 bits per heavy atom. The van der Waals surface area contributed by atoms with Gasteiger partial charge in [0.1, 0.15) is 28.7 Å². The molecule has 1 N–H and O–H groups in total. The topological polar surface area (TPSA) is 57.2 Å². The van der Waals surface area contributed by atoms with Crippen LogP contribution in [0.1, 0.15) is 193 Å². The Morgan fingerprint density at radius 3 is 0.732 bits per heavy atom. The highest BCUT2D eigenvalue weighted by molar-refractivity contribution is 7.77. The van der Waals surface area contributed by atoms with E-state index < -0.39 is 15.5 Å². The van der Waals surface area contributed by atoms with Crippen molar-refractivity contribution in [1.29, 1.82) is 0 Å². The Hall–Kier alpha value is -4.24. The molecule has 0 saturated carbocycles. The van der Waals surface area contributed by atoms with Gasteiger partial charge in [-0.15, -0.1) is 0 Å². The van der Waals surface area contributed by atoms with Crippen LogP contribution in [0.15, 0.2) is 91.0 Å². The molecule has 5 nitrogen and oxygen atoms in total. The van der Waals surface area contributed by atoms with Crippen LogP contribution in [0.25, 0.3) is 0 Å². The molecule has 6 aliphatic rings. The van der Waals surface area contributed by atoms with Crippen LogP contribution in [0, 0.1) is 6.92 Å². The van der Waals surface area contributed by atoms with Gasteiger partial charge in [0.25, 0.3) is 0 Å². The van der Waals surface area contributed by atoms with Crippen molar-refractivity contribution in [2.45, 2.75) is 170 Å². The number of benzene rings is 6. The van der Waals surface area contributed by atoms with E-state index in [-0.39, 0.29) is 32.8 Å². The predicted octanol–water partition coefficient (Wildman–Crippen LogP) is 18.6. The highest BCUT2D eigenvalue weighted by Crippen LogP contribution is 2.56. The van der Waals surface area contributed by atoms with Gasteiger partial charge >= 0.3 is 15.5 Å². The molecule has 5 heterocycles. The molecular weight excluding hydrogens is 958 g/mol. The maximum atomic E-state index is 12.6. The molecule has 6 aromatic rings. The number of rotatable bonds is 0. The van der Waals surface area contributed by atoms with E-state index in [1.807, 2.05) is 18.2 Å². The second kappa shape index (κ2) is 19.6. The lowest BCUT2D eigenvalue weighted by atomic mass is 9.79. The third-order valence-electron chi connectivity index (χ3n) is 14.1. The summed E-state index contributed by atoms with van der Waals surface area (Å²) >= 11 is 14.6. The summed E-state index contributed by atoms with van der Waals surface area (Å²) < 4.78 is 27.3. The van der Waals surface area contributed by atoms with Crippen molar-refractivity contribution in [3.05, 3.63) is 180 Å². The first-order chi connectivity index (χ1) is 32.9. The number of aromatic hydroxyl groups is 1. The van der Waals surface area contributed by atoms with Gasteiger partial charge in [-0.3, -0.25) is 0 Å². The Labute approximate surface area is 437 Å². The van der Waals surface area contributed by atoms with Gasteiger partial charge in [-0.25, -0.2) is 0 Å². The Balaban J connectivity index is 0.000000889. The highest BCUT2D eigenvalue weighted by Gasteiger charge is 2.34. The summed E-state index contributed by atoms with van der Waals surface area (Å²) in [6, 6.07) is 32.8. The smallest absolute Gasteiger partial charge is 0.401 e. The molecule has 0 radical (unpaired) electrons. The molecule has 2 atom stereocenters. The van der Waals surface area contributed by atoms with Crippen LogP contribution in [0.2, 0.25) is 0 Å². The number of hydrogen-bond donors (Lipinski definition) is 1. The number of phenolic OH excluding ortho intramolecular Hbond substituents is 1. The molecule has 0 unspecified atom stereocenters. The fraction of sp³-hybridized carbons (Fsp3) is 0.419. The fourth-order valence-corrected chi connectivity index (χ4v) is 12.0. The van der Waals surface area contributed by atoms with Gasteiger partial charge in [-0.1, -0.05) is 200 Å². The zero-order valence-corrected chi connectivity index (χ0v) is 48.2. The molecular formula is C62H74Cl2O5P2. The molecule has 14 bridgehead atoms. The zero-order chi connectivity index (χ0) is 51.7. The van der Waals surface area contributed by atoms with E-state index in [2.05, 4.69) is 184 Å². The van der Waals surface area contributed by atoms with Crippen LogP contribution in [0.5, 0.6) is 28.7 Å². The van der Waals surface area contributed by atoms with Gasteiger partial charge in [0.15, 0.2) is 0 Å². The number of halogens is 2.